The molecule has 2 fully saturated rings. The van der Waals surface area contributed by atoms with E-state index in [1.54, 1.807) is 12.4 Å². The van der Waals surface area contributed by atoms with Gasteiger partial charge in [0, 0.05) is 42.3 Å². The maximum absolute atomic E-state index is 13.7. The first-order chi connectivity index (χ1) is 17.0. The number of hydrogen-bond acceptors (Lipinski definition) is 5. The minimum absolute atomic E-state index is 0.0248. The van der Waals surface area contributed by atoms with Crippen LogP contribution in [0.4, 0.5) is 0 Å². The zero-order chi connectivity index (χ0) is 25.8. The van der Waals surface area contributed by atoms with E-state index >= 15 is 0 Å². The van der Waals surface area contributed by atoms with Crippen molar-refractivity contribution in [1.82, 2.24) is 20.5 Å². The van der Waals surface area contributed by atoms with Crippen molar-refractivity contribution in [2.45, 2.75) is 70.7 Å². The van der Waals surface area contributed by atoms with Crippen molar-refractivity contribution < 1.29 is 14.3 Å². The van der Waals surface area contributed by atoms with Gasteiger partial charge in [-0.3, -0.25) is 24.9 Å². The summed E-state index contributed by atoms with van der Waals surface area (Å²) in [5.41, 5.74) is 0.937. The highest BCUT2D eigenvalue weighted by Crippen LogP contribution is 2.56. The minimum atomic E-state index is -0.487. The summed E-state index contributed by atoms with van der Waals surface area (Å²) in [7, 11) is 0. The molecule has 8 nitrogen and oxygen atoms in total. The zero-order valence-corrected chi connectivity index (χ0v) is 21.5. The first-order valence-electron chi connectivity index (χ1n) is 12.6. The van der Waals surface area contributed by atoms with Gasteiger partial charge in [-0.1, -0.05) is 31.2 Å². The number of para-hydroxylation sites is 1. The number of hydrogen-bond donors (Lipinski definition) is 3. The van der Waals surface area contributed by atoms with Crippen LogP contribution in [0, 0.1) is 23.2 Å². The van der Waals surface area contributed by atoms with E-state index in [0.717, 1.165) is 16.9 Å². The van der Waals surface area contributed by atoms with Crippen molar-refractivity contribution in [3.8, 4) is 5.75 Å². The van der Waals surface area contributed by atoms with Gasteiger partial charge in [-0.25, -0.2) is 0 Å². The van der Waals surface area contributed by atoms with Gasteiger partial charge >= 0.3 is 0 Å². The molecule has 1 saturated carbocycles. The number of benzene rings is 1. The van der Waals surface area contributed by atoms with Gasteiger partial charge in [0.05, 0.1) is 12.1 Å². The number of rotatable bonds is 5. The SMILES string of the molecule is CC1C([C@@H](c2cccnc2)N2C(=N)NC(C)(C)CC2=O)[C@@H]1C(=O)N[C@H]1CC(C)(C)Oc2ccccc21. The molecule has 0 bridgehead atoms. The average molecular weight is 490 g/mol. The Hall–Kier alpha value is -3.42. The summed E-state index contributed by atoms with van der Waals surface area (Å²) in [5, 5.41) is 15.1. The summed E-state index contributed by atoms with van der Waals surface area (Å²) in [4.78, 5) is 32.8. The molecule has 3 heterocycles. The van der Waals surface area contributed by atoms with Gasteiger partial charge in [0.2, 0.25) is 11.8 Å². The maximum atomic E-state index is 13.7. The van der Waals surface area contributed by atoms with E-state index in [-0.39, 0.29) is 48.0 Å². The Bertz CT molecular complexity index is 1170. The number of ether oxygens (including phenoxy) is 1. The van der Waals surface area contributed by atoms with Crippen molar-refractivity contribution in [3.05, 3.63) is 59.9 Å². The van der Waals surface area contributed by atoms with Crippen LogP contribution in [0.15, 0.2) is 48.8 Å². The largest absolute Gasteiger partial charge is 0.487 e. The van der Waals surface area contributed by atoms with Crippen molar-refractivity contribution in [2.75, 3.05) is 0 Å². The lowest BCUT2D eigenvalue weighted by Crippen LogP contribution is -2.60. The van der Waals surface area contributed by atoms with Crippen LogP contribution in [-0.4, -0.2) is 38.8 Å². The molecular weight excluding hydrogens is 454 g/mol. The average Bonchev–Trinajstić information content (AvgIpc) is 3.45. The van der Waals surface area contributed by atoms with Gasteiger partial charge < -0.3 is 15.4 Å². The number of pyridine rings is 1. The molecule has 5 rings (SSSR count). The molecule has 5 atom stereocenters. The van der Waals surface area contributed by atoms with Crippen LogP contribution < -0.4 is 15.4 Å². The number of guanidine groups is 1. The van der Waals surface area contributed by atoms with E-state index in [4.69, 9.17) is 10.1 Å². The molecule has 1 aliphatic carbocycles. The summed E-state index contributed by atoms with van der Waals surface area (Å²) < 4.78 is 6.13. The van der Waals surface area contributed by atoms with Crippen molar-refractivity contribution >= 4 is 17.8 Å². The van der Waals surface area contributed by atoms with Crippen molar-refractivity contribution in [2.24, 2.45) is 17.8 Å². The van der Waals surface area contributed by atoms with E-state index in [9.17, 15) is 9.59 Å². The summed E-state index contributed by atoms with van der Waals surface area (Å²) in [6.45, 7) is 9.95. The lowest BCUT2D eigenvalue weighted by atomic mass is 9.89. The second-order valence-electron chi connectivity index (χ2n) is 11.7. The highest BCUT2D eigenvalue weighted by Gasteiger charge is 2.59. The Labute approximate surface area is 212 Å². The van der Waals surface area contributed by atoms with E-state index in [1.807, 2.05) is 64.1 Å². The predicted molar refractivity (Wildman–Crippen MR) is 136 cm³/mol. The van der Waals surface area contributed by atoms with Gasteiger partial charge in [-0.05, 0) is 57.2 Å². The van der Waals surface area contributed by atoms with Crippen molar-refractivity contribution in [3.63, 3.8) is 0 Å². The molecular formula is C28H35N5O3. The molecule has 0 radical (unpaired) electrons. The molecule has 36 heavy (non-hydrogen) atoms. The standard InChI is InChI=1S/C28H35N5O3/c1-16-22(23(16)25(35)31-19-13-28(4,5)36-20-11-7-6-10-18(19)20)24(17-9-8-12-30-15-17)33-21(34)14-27(2,3)32-26(33)29/h6-12,15-16,19,22-24H,13-14H2,1-5H3,(H2,29,32)(H,31,35)/t16?,19-,22?,23+,24+/m0/s1. The second-order valence-corrected chi connectivity index (χ2v) is 11.7. The molecule has 2 unspecified atom stereocenters. The Morgan fingerprint density at radius 2 is 1.97 bits per heavy atom. The number of fused-ring (bicyclic) bond motifs is 1. The molecule has 2 aromatic rings. The van der Waals surface area contributed by atoms with E-state index in [0.29, 0.717) is 6.42 Å². The van der Waals surface area contributed by atoms with Crippen LogP contribution in [0.25, 0.3) is 0 Å². The van der Waals surface area contributed by atoms with Crippen LogP contribution in [0.1, 0.15) is 70.7 Å². The van der Waals surface area contributed by atoms with Crippen molar-refractivity contribution in [1.29, 1.82) is 5.41 Å². The van der Waals surface area contributed by atoms with Crippen LogP contribution in [0.5, 0.6) is 5.75 Å². The fourth-order valence-corrected chi connectivity index (χ4v) is 5.99. The third-order valence-electron chi connectivity index (χ3n) is 7.67. The van der Waals surface area contributed by atoms with E-state index in [1.165, 1.54) is 4.90 Å². The monoisotopic (exact) mass is 489 g/mol. The third kappa shape index (κ3) is 4.45. The lowest BCUT2D eigenvalue weighted by Gasteiger charge is -2.42. The topological polar surface area (TPSA) is 107 Å². The van der Waals surface area contributed by atoms with Gasteiger partial charge in [0.1, 0.15) is 11.4 Å². The van der Waals surface area contributed by atoms with Crippen LogP contribution in [0.3, 0.4) is 0 Å². The molecule has 8 heteroatoms. The van der Waals surface area contributed by atoms with Crippen LogP contribution in [-0.2, 0) is 9.59 Å². The maximum Gasteiger partial charge on any atom is 0.232 e. The Morgan fingerprint density at radius 3 is 2.67 bits per heavy atom. The number of carbonyl (C=O) groups is 2. The molecule has 0 spiro atoms. The Morgan fingerprint density at radius 1 is 1.22 bits per heavy atom. The fraction of sp³-hybridized carbons (Fsp3) is 0.500. The van der Waals surface area contributed by atoms with Crippen LogP contribution in [0.2, 0.25) is 0 Å². The third-order valence-corrected chi connectivity index (χ3v) is 7.67. The number of carbonyl (C=O) groups excluding carboxylic acids is 2. The van der Waals surface area contributed by atoms with E-state index in [2.05, 4.69) is 22.5 Å². The Balaban J connectivity index is 1.41. The molecule has 1 saturated heterocycles. The van der Waals surface area contributed by atoms with Gasteiger partial charge in [-0.15, -0.1) is 0 Å². The zero-order valence-electron chi connectivity index (χ0n) is 21.5. The summed E-state index contributed by atoms with van der Waals surface area (Å²) >= 11 is 0. The number of nitrogens with zero attached hydrogens (tertiary/aromatic N) is 2. The van der Waals surface area contributed by atoms with E-state index < -0.39 is 17.2 Å². The van der Waals surface area contributed by atoms with Gasteiger partial charge in [0.25, 0.3) is 0 Å². The summed E-state index contributed by atoms with van der Waals surface area (Å²) in [6.07, 6.45) is 4.37. The Kier molecular flexibility index (Phi) is 5.80. The first-order valence-corrected chi connectivity index (χ1v) is 12.6. The quantitative estimate of drug-likeness (QED) is 0.589. The molecule has 2 aliphatic heterocycles. The minimum Gasteiger partial charge on any atom is -0.487 e. The summed E-state index contributed by atoms with van der Waals surface area (Å²) in [5.74, 6) is 0.388. The van der Waals surface area contributed by atoms with Gasteiger partial charge in [0.15, 0.2) is 5.96 Å². The molecule has 190 valence electrons. The van der Waals surface area contributed by atoms with Gasteiger partial charge in [-0.2, -0.15) is 0 Å². The number of amides is 2. The number of nitrogens with one attached hydrogen (secondary N) is 3. The second kappa shape index (κ2) is 8.61. The molecule has 1 aromatic carbocycles. The lowest BCUT2D eigenvalue weighted by molar-refractivity contribution is -0.133. The highest BCUT2D eigenvalue weighted by molar-refractivity contribution is 5.99. The normalized spacial score (nSPS) is 28.9. The predicted octanol–water partition coefficient (Wildman–Crippen LogP) is 3.96. The molecule has 1 aromatic heterocycles. The first kappa shape index (κ1) is 24.3. The smallest absolute Gasteiger partial charge is 0.232 e. The fourth-order valence-electron chi connectivity index (χ4n) is 5.99. The van der Waals surface area contributed by atoms with Crippen LogP contribution >= 0.6 is 0 Å². The molecule has 3 N–H and O–H groups in total. The number of aromatic nitrogens is 1. The molecule has 2 amide bonds. The molecule has 3 aliphatic rings. The summed E-state index contributed by atoms with van der Waals surface area (Å²) in [6, 6.07) is 11.0. The highest BCUT2D eigenvalue weighted by atomic mass is 16.5.